The number of hydrogen-bond donors (Lipinski definition) is 1. The third-order valence-electron chi connectivity index (χ3n) is 2.77. The van der Waals surface area contributed by atoms with Crippen molar-refractivity contribution in [2.24, 2.45) is 10.7 Å². The lowest BCUT2D eigenvalue weighted by molar-refractivity contribution is 0.163. The molecule has 18 heavy (non-hydrogen) atoms. The molecule has 1 saturated heterocycles. The van der Waals surface area contributed by atoms with E-state index in [2.05, 4.69) is 21.8 Å². The molecule has 1 rings (SSSR count). The van der Waals surface area contributed by atoms with E-state index in [0.717, 1.165) is 50.8 Å². The fourth-order valence-corrected chi connectivity index (χ4v) is 2.49. The molecule has 1 aliphatic rings. The Kier molecular flexibility index (Phi) is 11.3. The predicted molar refractivity (Wildman–Crippen MR) is 90.2 cm³/mol. The average Bonchev–Trinajstić information content (AvgIpc) is 2.37. The average molecular weight is 388 g/mol. The maximum Gasteiger partial charge on any atom is 0.191 e. The van der Waals surface area contributed by atoms with E-state index in [0.29, 0.717) is 5.96 Å². The molecule has 0 radical (unpaired) electrons. The number of aliphatic imine (C=N–C) groups is 1. The van der Waals surface area contributed by atoms with Crippen LogP contribution in [0, 0.1) is 0 Å². The van der Waals surface area contributed by atoms with E-state index in [4.69, 9.17) is 10.5 Å². The van der Waals surface area contributed by atoms with Crippen molar-refractivity contribution in [2.45, 2.75) is 0 Å². The number of nitrogens with two attached hydrogens (primary N) is 1. The minimum atomic E-state index is 0. The van der Waals surface area contributed by atoms with Crippen LogP contribution in [0.15, 0.2) is 4.99 Å². The van der Waals surface area contributed by atoms with Crippen LogP contribution in [-0.4, -0.2) is 80.8 Å². The van der Waals surface area contributed by atoms with Crippen molar-refractivity contribution in [1.82, 2.24) is 9.80 Å². The molecule has 0 atom stereocenters. The molecule has 7 heteroatoms. The SMILES string of the molecule is COCCN(C)CCN=C(N)N1CCSCC1.I. The number of halogens is 1. The summed E-state index contributed by atoms with van der Waals surface area (Å²) in [5.74, 6) is 3.01. The Bertz CT molecular complexity index is 237. The number of ether oxygens (including phenoxy) is 1. The van der Waals surface area contributed by atoms with Crippen molar-refractivity contribution < 1.29 is 4.74 Å². The van der Waals surface area contributed by atoms with Crippen LogP contribution in [0.4, 0.5) is 0 Å². The summed E-state index contributed by atoms with van der Waals surface area (Å²) in [5, 5.41) is 0. The minimum absolute atomic E-state index is 0. The molecule has 0 aromatic rings. The summed E-state index contributed by atoms with van der Waals surface area (Å²) in [7, 11) is 3.79. The highest BCUT2D eigenvalue weighted by Crippen LogP contribution is 2.08. The molecule has 1 aliphatic heterocycles. The summed E-state index contributed by atoms with van der Waals surface area (Å²) in [4.78, 5) is 8.80. The number of nitrogens with zero attached hydrogens (tertiary/aromatic N) is 3. The van der Waals surface area contributed by atoms with Crippen LogP contribution in [0.1, 0.15) is 0 Å². The summed E-state index contributed by atoms with van der Waals surface area (Å²) in [6.45, 7) is 5.44. The quantitative estimate of drug-likeness (QED) is 0.409. The van der Waals surface area contributed by atoms with E-state index >= 15 is 0 Å². The van der Waals surface area contributed by atoms with Gasteiger partial charge in [0, 0.05) is 44.8 Å². The Labute approximate surface area is 132 Å². The van der Waals surface area contributed by atoms with Gasteiger partial charge in [0.15, 0.2) is 5.96 Å². The molecular weight excluding hydrogens is 363 g/mol. The third kappa shape index (κ3) is 7.65. The summed E-state index contributed by atoms with van der Waals surface area (Å²) < 4.78 is 5.02. The van der Waals surface area contributed by atoms with Crippen LogP contribution in [-0.2, 0) is 4.74 Å². The van der Waals surface area contributed by atoms with Crippen LogP contribution >= 0.6 is 35.7 Å². The Morgan fingerprint density at radius 2 is 2.06 bits per heavy atom. The molecule has 0 saturated carbocycles. The van der Waals surface area contributed by atoms with Gasteiger partial charge in [0.1, 0.15) is 0 Å². The number of rotatable bonds is 6. The van der Waals surface area contributed by atoms with Gasteiger partial charge in [0.2, 0.25) is 0 Å². The first kappa shape index (κ1) is 18.3. The van der Waals surface area contributed by atoms with Crippen molar-refractivity contribution in [3.05, 3.63) is 0 Å². The number of thioether (sulfide) groups is 1. The highest BCUT2D eigenvalue weighted by atomic mass is 127. The van der Waals surface area contributed by atoms with E-state index in [1.807, 2.05) is 11.8 Å². The standard InChI is InChI=1S/C11H24N4OS.HI/c1-14(5-8-16-2)4-3-13-11(12)15-6-9-17-10-7-15;/h3-10H2,1-2H3,(H2,12,13);1H. The lowest BCUT2D eigenvalue weighted by Crippen LogP contribution is -2.43. The lowest BCUT2D eigenvalue weighted by atomic mass is 10.5. The molecule has 0 spiro atoms. The van der Waals surface area contributed by atoms with Crippen LogP contribution in [0.2, 0.25) is 0 Å². The van der Waals surface area contributed by atoms with E-state index in [1.165, 1.54) is 0 Å². The van der Waals surface area contributed by atoms with Gasteiger partial charge in [-0.25, -0.2) is 0 Å². The molecule has 0 bridgehead atoms. The lowest BCUT2D eigenvalue weighted by Gasteiger charge is -2.27. The summed E-state index contributed by atoms with van der Waals surface area (Å²) in [5.41, 5.74) is 5.96. The second-order valence-corrected chi connectivity index (χ2v) is 5.36. The third-order valence-corrected chi connectivity index (χ3v) is 3.71. The van der Waals surface area contributed by atoms with Crippen LogP contribution < -0.4 is 5.73 Å². The van der Waals surface area contributed by atoms with Crippen molar-refractivity contribution >= 4 is 41.7 Å². The van der Waals surface area contributed by atoms with E-state index in [1.54, 1.807) is 7.11 Å². The normalized spacial score (nSPS) is 16.8. The summed E-state index contributed by atoms with van der Waals surface area (Å²) in [6.07, 6.45) is 0. The topological polar surface area (TPSA) is 54.1 Å². The van der Waals surface area contributed by atoms with E-state index in [-0.39, 0.29) is 24.0 Å². The maximum atomic E-state index is 5.96. The van der Waals surface area contributed by atoms with E-state index < -0.39 is 0 Å². The number of hydrogen-bond acceptors (Lipinski definition) is 4. The van der Waals surface area contributed by atoms with Gasteiger partial charge in [-0.15, -0.1) is 24.0 Å². The van der Waals surface area contributed by atoms with Crippen molar-refractivity contribution in [2.75, 3.05) is 65.0 Å². The first-order valence-electron chi connectivity index (χ1n) is 6.04. The first-order chi connectivity index (χ1) is 8.24. The highest BCUT2D eigenvalue weighted by Gasteiger charge is 2.11. The zero-order valence-electron chi connectivity index (χ0n) is 11.3. The molecule has 0 aliphatic carbocycles. The largest absolute Gasteiger partial charge is 0.383 e. The fraction of sp³-hybridized carbons (Fsp3) is 0.909. The van der Waals surface area contributed by atoms with Crippen molar-refractivity contribution in [3.63, 3.8) is 0 Å². The molecule has 5 nitrogen and oxygen atoms in total. The highest BCUT2D eigenvalue weighted by molar-refractivity contribution is 14.0. The van der Waals surface area contributed by atoms with Gasteiger partial charge >= 0.3 is 0 Å². The monoisotopic (exact) mass is 388 g/mol. The number of likely N-dealkylation sites (N-methyl/N-ethyl adjacent to an activating group) is 1. The summed E-state index contributed by atoms with van der Waals surface area (Å²) in [6, 6.07) is 0. The van der Waals surface area contributed by atoms with Crippen molar-refractivity contribution in [1.29, 1.82) is 0 Å². The van der Waals surface area contributed by atoms with Gasteiger partial charge in [-0.3, -0.25) is 4.99 Å². The first-order valence-corrected chi connectivity index (χ1v) is 7.19. The number of methoxy groups -OCH3 is 1. The second-order valence-electron chi connectivity index (χ2n) is 4.14. The van der Waals surface area contributed by atoms with Gasteiger partial charge in [-0.05, 0) is 7.05 Å². The Morgan fingerprint density at radius 1 is 1.39 bits per heavy atom. The molecular formula is C11H25IN4OS. The Morgan fingerprint density at radius 3 is 2.67 bits per heavy atom. The Balaban J connectivity index is 0.00000289. The predicted octanol–water partition coefficient (Wildman–Crippen LogP) is 0.546. The van der Waals surface area contributed by atoms with Crippen molar-refractivity contribution in [3.8, 4) is 0 Å². The Hall–Kier alpha value is 0.270. The molecule has 0 unspecified atom stereocenters. The minimum Gasteiger partial charge on any atom is -0.383 e. The molecule has 1 fully saturated rings. The van der Waals surface area contributed by atoms with E-state index in [9.17, 15) is 0 Å². The van der Waals surface area contributed by atoms with Crippen LogP contribution in [0.3, 0.4) is 0 Å². The van der Waals surface area contributed by atoms with Crippen LogP contribution in [0.25, 0.3) is 0 Å². The summed E-state index contributed by atoms with van der Waals surface area (Å²) >= 11 is 1.98. The molecule has 0 amide bonds. The maximum absolute atomic E-state index is 5.96. The smallest absolute Gasteiger partial charge is 0.191 e. The van der Waals surface area contributed by atoms with Gasteiger partial charge in [-0.1, -0.05) is 0 Å². The van der Waals surface area contributed by atoms with Gasteiger partial charge in [0.05, 0.1) is 13.2 Å². The molecule has 108 valence electrons. The fourth-order valence-electron chi connectivity index (χ4n) is 1.59. The molecule has 0 aromatic heterocycles. The number of guanidine groups is 1. The zero-order valence-corrected chi connectivity index (χ0v) is 14.4. The van der Waals surface area contributed by atoms with Gasteiger partial charge < -0.3 is 20.3 Å². The second kappa shape index (κ2) is 11.1. The molecule has 2 N–H and O–H groups in total. The van der Waals surface area contributed by atoms with Gasteiger partial charge in [-0.2, -0.15) is 11.8 Å². The zero-order chi connectivity index (χ0) is 12.5. The molecule has 1 heterocycles. The molecule has 0 aromatic carbocycles. The van der Waals surface area contributed by atoms with Crippen LogP contribution in [0.5, 0.6) is 0 Å². The van der Waals surface area contributed by atoms with Gasteiger partial charge in [0.25, 0.3) is 0 Å².